The smallest absolute Gasteiger partial charge is 0.0406 e. The maximum Gasteiger partial charge on any atom is 0.0406 e. The van der Waals surface area contributed by atoms with Gasteiger partial charge in [0.05, 0.1) is 0 Å². The Hall–Kier alpha value is -0.273. The van der Waals surface area contributed by atoms with E-state index in [0.717, 1.165) is 28.7 Å². The predicted molar refractivity (Wildman–Crippen MR) is 110 cm³/mol. The molecule has 0 radical (unpaired) electrons. The number of rotatable bonds is 6. The SMILES string of the molecule is CCC[SiH2]CC1CCC(C2CCC(c3ccc(Cl)cc3)CC2)CC1. The van der Waals surface area contributed by atoms with Gasteiger partial charge in [-0.25, -0.2) is 0 Å². The second-order valence-corrected chi connectivity index (χ2v) is 10.9. The average Bonchev–Trinajstić information content (AvgIpc) is 2.63. The number of benzene rings is 1. The third kappa shape index (κ3) is 5.11. The lowest BCUT2D eigenvalue weighted by atomic mass is 9.68. The summed E-state index contributed by atoms with van der Waals surface area (Å²) < 4.78 is 0. The first kappa shape index (κ1) is 18.5. The van der Waals surface area contributed by atoms with Gasteiger partial charge in [-0.1, -0.05) is 62.0 Å². The quantitative estimate of drug-likeness (QED) is 0.384. The van der Waals surface area contributed by atoms with Gasteiger partial charge in [-0.3, -0.25) is 0 Å². The largest absolute Gasteiger partial charge is 0.0843 e. The van der Waals surface area contributed by atoms with Crippen molar-refractivity contribution in [3.8, 4) is 0 Å². The molecule has 0 spiro atoms. The summed E-state index contributed by atoms with van der Waals surface area (Å²) in [7, 11) is 0.277. The van der Waals surface area contributed by atoms with Crippen LogP contribution in [0.4, 0.5) is 0 Å². The number of halogens is 1. The van der Waals surface area contributed by atoms with E-state index in [4.69, 9.17) is 11.6 Å². The average molecular weight is 363 g/mol. The lowest BCUT2D eigenvalue weighted by molar-refractivity contribution is 0.165. The monoisotopic (exact) mass is 362 g/mol. The van der Waals surface area contributed by atoms with Gasteiger partial charge in [0.2, 0.25) is 0 Å². The molecule has 134 valence electrons. The Balaban J connectivity index is 1.40. The third-order valence-electron chi connectivity index (χ3n) is 6.89. The zero-order valence-corrected chi connectivity index (χ0v) is 17.7. The fourth-order valence-electron chi connectivity index (χ4n) is 5.29. The Bertz CT molecular complexity index is 467. The molecule has 1 aromatic carbocycles. The lowest BCUT2D eigenvalue weighted by Crippen LogP contribution is -2.25. The van der Waals surface area contributed by atoms with E-state index >= 15 is 0 Å². The highest BCUT2D eigenvalue weighted by molar-refractivity contribution is 6.35. The fraction of sp³-hybridized carbons (Fsp3) is 0.727. The summed E-state index contributed by atoms with van der Waals surface area (Å²) in [5.41, 5.74) is 1.52. The molecule has 0 bridgehead atoms. The van der Waals surface area contributed by atoms with Crippen LogP contribution in [-0.4, -0.2) is 9.52 Å². The van der Waals surface area contributed by atoms with Gasteiger partial charge in [-0.15, -0.1) is 0 Å². The first-order valence-corrected chi connectivity index (χ1v) is 12.9. The maximum absolute atomic E-state index is 6.03. The molecular formula is C22H35ClSi. The molecular weight excluding hydrogens is 328 g/mol. The molecule has 2 saturated carbocycles. The van der Waals surface area contributed by atoms with E-state index in [1.807, 2.05) is 0 Å². The normalized spacial score (nSPS) is 31.6. The van der Waals surface area contributed by atoms with Gasteiger partial charge in [-0.2, -0.15) is 0 Å². The summed E-state index contributed by atoms with van der Waals surface area (Å²) in [4.78, 5) is 0. The van der Waals surface area contributed by atoms with Crippen LogP contribution in [0.1, 0.15) is 76.2 Å². The predicted octanol–water partition coefficient (Wildman–Crippen LogP) is 6.84. The summed E-state index contributed by atoms with van der Waals surface area (Å²) in [5.74, 6) is 3.99. The van der Waals surface area contributed by atoms with Crippen molar-refractivity contribution in [2.75, 3.05) is 0 Å². The minimum atomic E-state index is 0.277. The Labute approximate surface area is 156 Å². The molecule has 24 heavy (non-hydrogen) atoms. The molecule has 0 amide bonds. The fourth-order valence-corrected chi connectivity index (χ4v) is 7.36. The zero-order valence-electron chi connectivity index (χ0n) is 15.5. The van der Waals surface area contributed by atoms with Crippen LogP contribution in [0.25, 0.3) is 0 Å². The van der Waals surface area contributed by atoms with Crippen LogP contribution in [0.5, 0.6) is 0 Å². The highest BCUT2D eigenvalue weighted by Gasteiger charge is 2.31. The van der Waals surface area contributed by atoms with Crippen molar-refractivity contribution < 1.29 is 0 Å². The van der Waals surface area contributed by atoms with Crippen LogP contribution in [0.2, 0.25) is 17.1 Å². The molecule has 0 nitrogen and oxygen atoms in total. The molecule has 0 aliphatic heterocycles. The van der Waals surface area contributed by atoms with Crippen molar-refractivity contribution in [3.05, 3.63) is 34.9 Å². The Morgan fingerprint density at radius 1 is 0.875 bits per heavy atom. The maximum atomic E-state index is 6.03. The second kappa shape index (κ2) is 9.43. The standard InChI is InChI=1S/C22H35ClSi/c1-2-15-24-16-17-3-5-18(6-4-17)19-7-9-20(10-8-19)21-11-13-22(23)14-12-21/h11-14,17-20H,2-10,15-16,24H2,1H3. The van der Waals surface area contributed by atoms with E-state index in [-0.39, 0.29) is 9.52 Å². The minimum Gasteiger partial charge on any atom is -0.0843 e. The van der Waals surface area contributed by atoms with Crippen molar-refractivity contribution in [2.24, 2.45) is 17.8 Å². The van der Waals surface area contributed by atoms with Crippen molar-refractivity contribution in [1.29, 1.82) is 0 Å². The summed E-state index contributed by atoms with van der Waals surface area (Å²) in [6.45, 7) is 2.35. The summed E-state index contributed by atoms with van der Waals surface area (Å²) in [5, 5.41) is 0.867. The molecule has 0 atom stereocenters. The summed E-state index contributed by atoms with van der Waals surface area (Å²) in [6, 6.07) is 11.8. The van der Waals surface area contributed by atoms with E-state index in [9.17, 15) is 0 Å². The second-order valence-electron chi connectivity index (χ2n) is 8.44. The van der Waals surface area contributed by atoms with Crippen molar-refractivity contribution in [2.45, 2.75) is 82.7 Å². The van der Waals surface area contributed by atoms with Crippen molar-refractivity contribution in [1.82, 2.24) is 0 Å². The molecule has 2 aliphatic carbocycles. The lowest BCUT2D eigenvalue weighted by Gasteiger charge is -2.38. The van der Waals surface area contributed by atoms with E-state index in [1.54, 1.807) is 37.8 Å². The molecule has 0 saturated heterocycles. The van der Waals surface area contributed by atoms with E-state index in [0.29, 0.717) is 0 Å². The van der Waals surface area contributed by atoms with Crippen LogP contribution in [0.3, 0.4) is 0 Å². The minimum absolute atomic E-state index is 0.277. The molecule has 0 aromatic heterocycles. The van der Waals surface area contributed by atoms with Crippen molar-refractivity contribution >= 4 is 21.1 Å². The molecule has 0 unspecified atom stereocenters. The Kier molecular flexibility index (Phi) is 7.28. The van der Waals surface area contributed by atoms with Gasteiger partial charge < -0.3 is 0 Å². The molecule has 2 aliphatic rings. The van der Waals surface area contributed by atoms with Gasteiger partial charge in [0.15, 0.2) is 0 Å². The third-order valence-corrected chi connectivity index (χ3v) is 9.57. The molecule has 2 fully saturated rings. The van der Waals surface area contributed by atoms with E-state index in [2.05, 4.69) is 31.2 Å². The van der Waals surface area contributed by atoms with E-state index in [1.165, 1.54) is 37.7 Å². The molecule has 1 aromatic rings. The Morgan fingerprint density at radius 2 is 1.46 bits per heavy atom. The highest BCUT2D eigenvalue weighted by atomic mass is 35.5. The topological polar surface area (TPSA) is 0 Å². The molecule has 2 heteroatoms. The zero-order chi connectivity index (χ0) is 16.8. The van der Waals surface area contributed by atoms with Gasteiger partial charge in [0, 0.05) is 14.5 Å². The number of hydrogen-bond acceptors (Lipinski definition) is 0. The summed E-state index contributed by atoms with van der Waals surface area (Å²) >= 11 is 6.03. The summed E-state index contributed by atoms with van der Waals surface area (Å²) in [6.07, 6.45) is 13.4. The molecule has 0 N–H and O–H groups in total. The first-order chi connectivity index (χ1) is 11.8. The van der Waals surface area contributed by atoms with Crippen LogP contribution in [0, 0.1) is 17.8 Å². The first-order valence-electron chi connectivity index (χ1n) is 10.5. The van der Waals surface area contributed by atoms with Gasteiger partial charge in [0.25, 0.3) is 0 Å². The van der Waals surface area contributed by atoms with Gasteiger partial charge in [-0.05, 0) is 79.9 Å². The Morgan fingerprint density at radius 3 is 2.04 bits per heavy atom. The van der Waals surface area contributed by atoms with Crippen LogP contribution < -0.4 is 0 Å². The van der Waals surface area contributed by atoms with Crippen molar-refractivity contribution in [3.63, 3.8) is 0 Å². The van der Waals surface area contributed by atoms with E-state index < -0.39 is 0 Å². The van der Waals surface area contributed by atoms with Crippen LogP contribution in [-0.2, 0) is 0 Å². The molecule has 3 rings (SSSR count). The molecule has 0 heterocycles. The van der Waals surface area contributed by atoms with Crippen LogP contribution >= 0.6 is 11.6 Å². The van der Waals surface area contributed by atoms with Gasteiger partial charge in [0.1, 0.15) is 0 Å². The van der Waals surface area contributed by atoms with Crippen LogP contribution in [0.15, 0.2) is 24.3 Å². The van der Waals surface area contributed by atoms with Gasteiger partial charge >= 0.3 is 0 Å². The number of hydrogen-bond donors (Lipinski definition) is 0. The highest BCUT2D eigenvalue weighted by Crippen LogP contribution is 2.44.